The molecule has 7 nitrogen and oxygen atoms in total. The lowest BCUT2D eigenvalue weighted by Gasteiger charge is -2.24. The normalized spacial score (nSPS) is 20.6. The largest absolute Gasteiger partial charge is 0.325 e. The standard InChI is InChI=1S/C26H23N3O4/c1-26(21-9-4-7-17-6-2-3-8-20(17)21)24(32)29(25(33)27-26)16-22(30)18-11-13-19(14-12-18)28-15-5-10-23(28)31/h2-4,6-9,11-14H,5,10,15-16H2,1H3,(H,27,33)/t26-/m0/s1. The molecule has 0 radical (unpaired) electrons. The number of ketones is 1. The van der Waals surface area contributed by atoms with Crippen LogP contribution in [0.25, 0.3) is 10.8 Å². The molecule has 0 aliphatic carbocycles. The predicted molar refractivity (Wildman–Crippen MR) is 124 cm³/mol. The van der Waals surface area contributed by atoms with E-state index in [0.717, 1.165) is 27.8 Å². The Hall–Kier alpha value is -4.00. The molecule has 2 saturated heterocycles. The van der Waals surface area contributed by atoms with E-state index in [1.165, 1.54) is 0 Å². The van der Waals surface area contributed by atoms with Gasteiger partial charge in [-0.25, -0.2) is 4.79 Å². The Bertz CT molecular complexity index is 1300. The highest BCUT2D eigenvalue weighted by atomic mass is 16.2. The Balaban J connectivity index is 1.37. The molecule has 0 saturated carbocycles. The van der Waals surface area contributed by atoms with Crippen LogP contribution in [0.3, 0.4) is 0 Å². The van der Waals surface area contributed by atoms with Gasteiger partial charge in [-0.3, -0.25) is 19.3 Å². The maximum absolute atomic E-state index is 13.4. The average Bonchev–Trinajstić information content (AvgIpc) is 3.35. The zero-order valence-corrected chi connectivity index (χ0v) is 18.2. The summed E-state index contributed by atoms with van der Waals surface area (Å²) >= 11 is 0. The van der Waals surface area contributed by atoms with E-state index < -0.39 is 17.5 Å². The lowest BCUT2D eigenvalue weighted by Crippen LogP contribution is -2.41. The second-order valence-electron chi connectivity index (χ2n) is 8.59. The zero-order valence-electron chi connectivity index (χ0n) is 18.2. The number of carbonyl (C=O) groups is 4. The molecule has 166 valence electrons. The van der Waals surface area contributed by atoms with Gasteiger partial charge in [0.2, 0.25) is 5.91 Å². The molecule has 1 atom stereocenters. The molecule has 2 aliphatic heterocycles. The Labute approximate surface area is 191 Å². The number of amides is 4. The van der Waals surface area contributed by atoms with E-state index in [-0.39, 0.29) is 18.2 Å². The van der Waals surface area contributed by atoms with Crippen LogP contribution in [-0.4, -0.2) is 41.6 Å². The highest BCUT2D eigenvalue weighted by molar-refractivity contribution is 6.12. The maximum atomic E-state index is 13.4. The van der Waals surface area contributed by atoms with Gasteiger partial charge in [0.15, 0.2) is 5.78 Å². The van der Waals surface area contributed by atoms with Gasteiger partial charge < -0.3 is 10.2 Å². The summed E-state index contributed by atoms with van der Waals surface area (Å²) in [5, 5.41) is 4.62. The van der Waals surface area contributed by atoms with Crippen LogP contribution in [0.1, 0.15) is 35.7 Å². The van der Waals surface area contributed by atoms with Crippen molar-refractivity contribution >= 4 is 40.1 Å². The molecule has 1 N–H and O–H groups in total. The summed E-state index contributed by atoms with van der Waals surface area (Å²) < 4.78 is 0. The van der Waals surface area contributed by atoms with E-state index >= 15 is 0 Å². The van der Waals surface area contributed by atoms with E-state index in [0.29, 0.717) is 24.1 Å². The molecule has 5 rings (SSSR count). The van der Waals surface area contributed by atoms with Crippen molar-refractivity contribution in [2.24, 2.45) is 0 Å². The minimum Gasteiger partial charge on any atom is -0.319 e. The number of nitrogens with zero attached hydrogens (tertiary/aromatic N) is 2. The topological polar surface area (TPSA) is 86.8 Å². The first-order valence-electron chi connectivity index (χ1n) is 10.9. The van der Waals surface area contributed by atoms with Gasteiger partial charge in [0.25, 0.3) is 5.91 Å². The Morgan fingerprint density at radius 3 is 2.42 bits per heavy atom. The van der Waals surface area contributed by atoms with E-state index in [9.17, 15) is 19.2 Å². The van der Waals surface area contributed by atoms with Crippen molar-refractivity contribution in [3.05, 3.63) is 77.9 Å². The van der Waals surface area contributed by atoms with Crippen LogP contribution < -0.4 is 10.2 Å². The third-order valence-electron chi connectivity index (χ3n) is 6.48. The number of rotatable bonds is 5. The number of imide groups is 1. The van der Waals surface area contributed by atoms with Gasteiger partial charge in [0.1, 0.15) is 5.54 Å². The molecule has 2 heterocycles. The predicted octanol–water partition coefficient (Wildman–Crippen LogP) is 3.62. The molecular formula is C26H23N3O4. The van der Waals surface area contributed by atoms with Crippen LogP contribution >= 0.6 is 0 Å². The summed E-state index contributed by atoms with van der Waals surface area (Å²) in [7, 11) is 0. The Kier molecular flexibility index (Phi) is 4.96. The van der Waals surface area contributed by atoms with Crippen LogP contribution in [-0.2, 0) is 15.1 Å². The number of carbonyl (C=O) groups excluding carboxylic acids is 4. The number of hydrogen-bond donors (Lipinski definition) is 1. The van der Waals surface area contributed by atoms with Gasteiger partial charge in [-0.05, 0) is 53.9 Å². The van der Waals surface area contributed by atoms with Crippen molar-refractivity contribution in [1.29, 1.82) is 0 Å². The van der Waals surface area contributed by atoms with E-state index in [1.54, 1.807) is 36.1 Å². The monoisotopic (exact) mass is 441 g/mol. The van der Waals surface area contributed by atoms with Crippen LogP contribution in [0.4, 0.5) is 10.5 Å². The molecule has 3 aromatic carbocycles. The van der Waals surface area contributed by atoms with E-state index in [4.69, 9.17) is 0 Å². The van der Waals surface area contributed by atoms with Crippen LogP contribution in [0, 0.1) is 0 Å². The number of urea groups is 1. The minimum atomic E-state index is -1.27. The first-order valence-corrected chi connectivity index (χ1v) is 10.9. The maximum Gasteiger partial charge on any atom is 0.325 e. The summed E-state index contributed by atoms with van der Waals surface area (Å²) in [6.07, 6.45) is 1.35. The second-order valence-corrected chi connectivity index (χ2v) is 8.59. The van der Waals surface area contributed by atoms with Gasteiger partial charge in [-0.2, -0.15) is 0 Å². The van der Waals surface area contributed by atoms with Crippen molar-refractivity contribution in [3.8, 4) is 0 Å². The highest BCUT2D eigenvalue weighted by Gasteiger charge is 2.50. The molecular weight excluding hydrogens is 418 g/mol. The van der Waals surface area contributed by atoms with Crippen molar-refractivity contribution in [2.75, 3.05) is 18.0 Å². The molecule has 3 aromatic rings. The van der Waals surface area contributed by atoms with Crippen molar-refractivity contribution in [3.63, 3.8) is 0 Å². The minimum absolute atomic E-state index is 0.0705. The van der Waals surface area contributed by atoms with Gasteiger partial charge in [0, 0.05) is 24.2 Å². The van der Waals surface area contributed by atoms with Crippen LogP contribution in [0.2, 0.25) is 0 Å². The smallest absolute Gasteiger partial charge is 0.319 e. The number of hydrogen-bond acceptors (Lipinski definition) is 4. The summed E-state index contributed by atoms with van der Waals surface area (Å²) in [5.74, 6) is -0.738. The second kappa shape index (κ2) is 7.85. The number of fused-ring (bicyclic) bond motifs is 1. The molecule has 0 bridgehead atoms. The molecule has 33 heavy (non-hydrogen) atoms. The third kappa shape index (κ3) is 3.46. The first kappa shape index (κ1) is 20.9. The lowest BCUT2D eigenvalue weighted by atomic mass is 9.88. The quantitative estimate of drug-likeness (QED) is 0.484. The fourth-order valence-corrected chi connectivity index (χ4v) is 4.67. The van der Waals surface area contributed by atoms with Gasteiger partial charge in [-0.1, -0.05) is 42.5 Å². The summed E-state index contributed by atoms with van der Waals surface area (Å²) in [6, 6.07) is 19.4. The molecule has 0 unspecified atom stereocenters. The van der Waals surface area contributed by atoms with Crippen LogP contribution in [0.5, 0.6) is 0 Å². The van der Waals surface area contributed by atoms with Gasteiger partial charge in [-0.15, -0.1) is 0 Å². The average molecular weight is 441 g/mol. The fourth-order valence-electron chi connectivity index (χ4n) is 4.67. The van der Waals surface area contributed by atoms with Crippen molar-refractivity contribution in [1.82, 2.24) is 10.2 Å². The van der Waals surface area contributed by atoms with E-state index in [1.807, 2.05) is 42.5 Å². The molecule has 0 aromatic heterocycles. The summed E-state index contributed by atoms with van der Waals surface area (Å²) in [4.78, 5) is 53.6. The number of Topliss-reactive ketones (excluding diaryl/α,β-unsaturated/α-hetero) is 1. The molecule has 4 amide bonds. The lowest BCUT2D eigenvalue weighted by molar-refractivity contribution is -0.130. The number of nitrogens with one attached hydrogen (secondary N) is 1. The zero-order chi connectivity index (χ0) is 23.2. The Morgan fingerprint density at radius 2 is 1.70 bits per heavy atom. The van der Waals surface area contributed by atoms with E-state index in [2.05, 4.69) is 5.32 Å². The van der Waals surface area contributed by atoms with Crippen LogP contribution in [0.15, 0.2) is 66.7 Å². The first-order chi connectivity index (χ1) is 15.9. The molecule has 0 spiro atoms. The molecule has 7 heteroatoms. The number of benzene rings is 3. The molecule has 2 fully saturated rings. The SMILES string of the molecule is C[C@@]1(c2cccc3ccccc23)NC(=O)N(CC(=O)c2ccc(N3CCCC3=O)cc2)C1=O. The fraction of sp³-hybridized carbons (Fsp3) is 0.231. The Morgan fingerprint density at radius 1 is 0.970 bits per heavy atom. The molecule has 2 aliphatic rings. The summed E-state index contributed by atoms with van der Waals surface area (Å²) in [5.41, 5.74) is 0.545. The van der Waals surface area contributed by atoms with Crippen molar-refractivity contribution < 1.29 is 19.2 Å². The highest BCUT2D eigenvalue weighted by Crippen LogP contribution is 2.34. The van der Waals surface area contributed by atoms with Gasteiger partial charge >= 0.3 is 6.03 Å². The number of anilines is 1. The summed E-state index contributed by atoms with van der Waals surface area (Å²) in [6.45, 7) is 1.98. The third-order valence-corrected chi connectivity index (χ3v) is 6.48. The van der Waals surface area contributed by atoms with Gasteiger partial charge in [0.05, 0.1) is 6.54 Å². The van der Waals surface area contributed by atoms with Crippen molar-refractivity contribution in [2.45, 2.75) is 25.3 Å².